The molecule has 0 heterocycles. The molecular weight excluding hydrogens is 345 g/mol. The summed E-state index contributed by atoms with van der Waals surface area (Å²) in [5.74, 6) is 0.698. The van der Waals surface area contributed by atoms with Crippen LogP contribution in [0.5, 0.6) is 5.75 Å². The highest BCUT2D eigenvalue weighted by molar-refractivity contribution is 14.0. The molecule has 1 unspecified atom stereocenters. The molecule has 1 atom stereocenters. The minimum absolute atomic E-state index is 0. The van der Waals surface area contributed by atoms with E-state index in [1.54, 1.807) is 12.1 Å². The lowest BCUT2D eigenvalue weighted by atomic mass is 10.3. The molecule has 1 aromatic carbocycles. The van der Waals surface area contributed by atoms with Gasteiger partial charge in [-0.05, 0) is 31.4 Å². The van der Waals surface area contributed by atoms with E-state index in [4.69, 9.17) is 21.7 Å². The number of rotatable bonds is 3. The zero-order chi connectivity index (χ0) is 10.6. The highest BCUT2D eigenvalue weighted by Crippen LogP contribution is 2.19. The third kappa shape index (κ3) is 5.08. The number of halogens is 2. The molecule has 0 aliphatic rings. The van der Waals surface area contributed by atoms with E-state index in [-0.39, 0.29) is 30.1 Å². The Hall–Kier alpha value is 0.0600. The van der Waals surface area contributed by atoms with Crippen molar-refractivity contribution < 1.29 is 4.74 Å². The topological polar surface area (TPSA) is 33.1 Å². The fourth-order valence-electron chi connectivity index (χ4n) is 0.964. The van der Waals surface area contributed by atoms with Crippen LogP contribution < -0.4 is 4.74 Å². The summed E-state index contributed by atoms with van der Waals surface area (Å²) in [6.45, 7) is 1.85. The molecule has 5 heteroatoms. The van der Waals surface area contributed by atoms with Gasteiger partial charge in [0.25, 0.3) is 0 Å². The van der Waals surface area contributed by atoms with Crippen molar-refractivity contribution in [3.63, 3.8) is 0 Å². The van der Waals surface area contributed by atoms with Crippen molar-refractivity contribution >= 4 is 52.4 Å². The smallest absolute Gasteiger partial charge is 0.143 e. The third-order valence-corrected chi connectivity index (χ3v) is 2.70. The second-order valence-corrected chi connectivity index (χ2v) is 4.07. The Kier molecular flexibility index (Phi) is 7.38. The molecular formula is C10H13ClINOS. The number of hydrogen-bond acceptors (Lipinski definition) is 3. The predicted molar refractivity (Wildman–Crippen MR) is 78.2 cm³/mol. The highest BCUT2D eigenvalue weighted by atomic mass is 127. The van der Waals surface area contributed by atoms with Crippen LogP contribution >= 0.6 is 47.3 Å². The van der Waals surface area contributed by atoms with Crippen molar-refractivity contribution in [1.82, 2.24) is 0 Å². The van der Waals surface area contributed by atoms with Crippen molar-refractivity contribution in [3.05, 3.63) is 29.3 Å². The normalized spacial score (nSPS) is 11.4. The van der Waals surface area contributed by atoms with Gasteiger partial charge in [-0.1, -0.05) is 17.7 Å². The molecule has 1 N–H and O–H groups in total. The second-order valence-electron chi connectivity index (χ2n) is 2.79. The first kappa shape index (κ1) is 15.1. The standard InChI is InChI=1S/C10H12ClNOS.HI/c1-7(10(12)14-2)13-9-5-3-4-8(11)6-9;/h3-7,12H,1-2H3;1H. The molecule has 0 radical (unpaired) electrons. The Morgan fingerprint density at radius 1 is 1.53 bits per heavy atom. The number of ether oxygens (including phenoxy) is 1. The molecule has 0 amide bonds. The van der Waals surface area contributed by atoms with Gasteiger partial charge in [-0.2, -0.15) is 0 Å². The number of hydrogen-bond donors (Lipinski definition) is 1. The van der Waals surface area contributed by atoms with Gasteiger partial charge in [0.2, 0.25) is 0 Å². The van der Waals surface area contributed by atoms with E-state index in [0.717, 1.165) is 0 Å². The first-order chi connectivity index (χ1) is 6.63. The van der Waals surface area contributed by atoms with Crippen LogP contribution in [0.15, 0.2) is 24.3 Å². The van der Waals surface area contributed by atoms with Crippen molar-refractivity contribution in [3.8, 4) is 5.75 Å². The monoisotopic (exact) mass is 357 g/mol. The van der Waals surface area contributed by atoms with Crippen LogP contribution in [0, 0.1) is 5.41 Å². The van der Waals surface area contributed by atoms with Crippen molar-refractivity contribution in [2.45, 2.75) is 13.0 Å². The number of thioether (sulfide) groups is 1. The van der Waals surface area contributed by atoms with E-state index in [2.05, 4.69) is 0 Å². The Bertz CT molecular complexity index is 335. The zero-order valence-corrected chi connectivity index (χ0v) is 12.4. The summed E-state index contributed by atoms with van der Waals surface area (Å²) < 4.78 is 5.52. The Labute approximate surface area is 116 Å². The first-order valence-electron chi connectivity index (χ1n) is 4.18. The molecule has 0 bridgehead atoms. The minimum atomic E-state index is -0.219. The maximum absolute atomic E-state index is 7.55. The Morgan fingerprint density at radius 2 is 2.20 bits per heavy atom. The number of nitrogens with one attached hydrogen (secondary N) is 1. The SMILES string of the molecule is CSC(=N)C(C)Oc1cccc(Cl)c1.I. The van der Waals surface area contributed by atoms with E-state index in [1.165, 1.54) is 11.8 Å². The maximum atomic E-state index is 7.55. The van der Waals surface area contributed by atoms with Gasteiger partial charge >= 0.3 is 0 Å². The second kappa shape index (κ2) is 7.35. The van der Waals surface area contributed by atoms with E-state index in [0.29, 0.717) is 15.8 Å². The van der Waals surface area contributed by atoms with Gasteiger partial charge in [0.05, 0.1) is 0 Å². The maximum Gasteiger partial charge on any atom is 0.143 e. The molecule has 0 saturated carbocycles. The highest BCUT2D eigenvalue weighted by Gasteiger charge is 2.09. The van der Waals surface area contributed by atoms with Gasteiger partial charge in [0.15, 0.2) is 0 Å². The van der Waals surface area contributed by atoms with Gasteiger partial charge in [-0.3, -0.25) is 5.41 Å². The molecule has 84 valence electrons. The molecule has 0 aliphatic carbocycles. The average Bonchev–Trinajstić information content (AvgIpc) is 2.16. The summed E-state index contributed by atoms with van der Waals surface area (Å²) in [5, 5.41) is 8.70. The molecule has 0 spiro atoms. The molecule has 1 rings (SSSR count). The molecule has 0 saturated heterocycles. The lowest BCUT2D eigenvalue weighted by molar-refractivity contribution is 0.289. The van der Waals surface area contributed by atoms with Crippen LogP contribution in [0.3, 0.4) is 0 Å². The van der Waals surface area contributed by atoms with Crippen LogP contribution in [0.1, 0.15) is 6.92 Å². The fraction of sp³-hybridized carbons (Fsp3) is 0.300. The van der Waals surface area contributed by atoms with Gasteiger partial charge < -0.3 is 4.74 Å². The summed E-state index contributed by atoms with van der Waals surface area (Å²) in [4.78, 5) is 0. The Balaban J connectivity index is 0.00000196. The van der Waals surface area contributed by atoms with E-state index >= 15 is 0 Å². The van der Waals surface area contributed by atoms with Crippen LogP contribution in [-0.4, -0.2) is 17.4 Å². The zero-order valence-electron chi connectivity index (χ0n) is 8.49. The summed E-state index contributed by atoms with van der Waals surface area (Å²) in [7, 11) is 0. The molecule has 1 aromatic rings. The molecule has 2 nitrogen and oxygen atoms in total. The summed E-state index contributed by atoms with van der Waals surface area (Å²) >= 11 is 7.18. The van der Waals surface area contributed by atoms with Crippen molar-refractivity contribution in [2.75, 3.05) is 6.26 Å². The van der Waals surface area contributed by atoms with Gasteiger partial charge in [-0.15, -0.1) is 35.7 Å². The average molecular weight is 358 g/mol. The lowest BCUT2D eigenvalue weighted by Gasteiger charge is -2.14. The molecule has 15 heavy (non-hydrogen) atoms. The summed E-state index contributed by atoms with van der Waals surface area (Å²) in [6, 6.07) is 7.19. The number of benzene rings is 1. The van der Waals surface area contributed by atoms with E-state index in [1.807, 2.05) is 25.3 Å². The van der Waals surface area contributed by atoms with Crippen LogP contribution in [0.4, 0.5) is 0 Å². The predicted octanol–water partition coefficient (Wildman–Crippen LogP) is 4.07. The van der Waals surface area contributed by atoms with Crippen LogP contribution in [0.25, 0.3) is 0 Å². The molecule has 0 aromatic heterocycles. The van der Waals surface area contributed by atoms with Gasteiger partial charge in [0, 0.05) is 5.02 Å². The van der Waals surface area contributed by atoms with Gasteiger partial charge in [-0.25, -0.2) is 0 Å². The van der Waals surface area contributed by atoms with Crippen molar-refractivity contribution in [2.24, 2.45) is 0 Å². The van der Waals surface area contributed by atoms with Crippen LogP contribution in [-0.2, 0) is 0 Å². The largest absolute Gasteiger partial charge is 0.484 e. The van der Waals surface area contributed by atoms with E-state index < -0.39 is 0 Å². The van der Waals surface area contributed by atoms with Crippen molar-refractivity contribution in [1.29, 1.82) is 5.41 Å². The first-order valence-corrected chi connectivity index (χ1v) is 5.78. The quantitative estimate of drug-likeness (QED) is 0.502. The molecule has 0 aliphatic heterocycles. The van der Waals surface area contributed by atoms with Crippen LogP contribution in [0.2, 0.25) is 5.02 Å². The van der Waals surface area contributed by atoms with Gasteiger partial charge in [0.1, 0.15) is 16.9 Å². The minimum Gasteiger partial charge on any atom is -0.484 e. The van der Waals surface area contributed by atoms with E-state index in [9.17, 15) is 0 Å². The third-order valence-electron chi connectivity index (χ3n) is 1.70. The fourth-order valence-corrected chi connectivity index (χ4v) is 1.52. The Morgan fingerprint density at radius 3 is 2.73 bits per heavy atom. The molecule has 0 fully saturated rings. The summed E-state index contributed by atoms with van der Waals surface area (Å²) in [6.07, 6.45) is 1.64. The lowest BCUT2D eigenvalue weighted by Crippen LogP contribution is -2.19. The summed E-state index contributed by atoms with van der Waals surface area (Å²) in [5.41, 5.74) is 0.